The number of nitrogens with one attached hydrogen (secondary N) is 1. The van der Waals surface area contributed by atoms with Crippen LogP contribution in [0.1, 0.15) is 13.3 Å². The SMILES string of the molecule is CC1(NC(=O)COc2ccc(Cl)cc2)CCS(=O)(=O)C1. The largest absolute Gasteiger partial charge is 0.484 e. The van der Waals surface area contributed by atoms with E-state index in [0.29, 0.717) is 17.2 Å². The van der Waals surface area contributed by atoms with Crippen molar-refractivity contribution in [3.8, 4) is 5.75 Å². The van der Waals surface area contributed by atoms with Crippen LogP contribution in [0.5, 0.6) is 5.75 Å². The zero-order valence-electron chi connectivity index (χ0n) is 11.1. The number of amides is 1. The van der Waals surface area contributed by atoms with Crippen LogP contribution >= 0.6 is 11.6 Å². The molecule has 1 aromatic carbocycles. The van der Waals surface area contributed by atoms with Crippen LogP contribution in [0, 0.1) is 0 Å². The summed E-state index contributed by atoms with van der Waals surface area (Å²) in [5.74, 6) is 0.294. The molecule has 2 rings (SSSR count). The van der Waals surface area contributed by atoms with Crippen molar-refractivity contribution >= 4 is 27.3 Å². The van der Waals surface area contributed by atoms with Crippen molar-refractivity contribution in [2.45, 2.75) is 18.9 Å². The van der Waals surface area contributed by atoms with Gasteiger partial charge >= 0.3 is 0 Å². The summed E-state index contributed by atoms with van der Waals surface area (Å²) in [5, 5.41) is 3.31. The summed E-state index contributed by atoms with van der Waals surface area (Å²) in [6, 6.07) is 6.66. The summed E-state index contributed by atoms with van der Waals surface area (Å²) in [5.41, 5.74) is -0.695. The van der Waals surface area contributed by atoms with E-state index in [1.54, 1.807) is 31.2 Å². The third-order valence-electron chi connectivity index (χ3n) is 3.13. The molecule has 1 atom stereocenters. The summed E-state index contributed by atoms with van der Waals surface area (Å²) < 4.78 is 28.2. The first-order valence-electron chi connectivity index (χ1n) is 6.18. The summed E-state index contributed by atoms with van der Waals surface area (Å²) in [4.78, 5) is 11.8. The van der Waals surface area contributed by atoms with E-state index in [4.69, 9.17) is 16.3 Å². The highest BCUT2D eigenvalue weighted by Gasteiger charge is 2.39. The number of halogens is 1. The van der Waals surface area contributed by atoms with Crippen molar-refractivity contribution in [2.24, 2.45) is 0 Å². The van der Waals surface area contributed by atoms with E-state index in [0.717, 1.165) is 0 Å². The molecule has 0 spiro atoms. The number of hydrogen-bond donors (Lipinski definition) is 1. The highest BCUT2D eigenvalue weighted by atomic mass is 35.5. The Bertz CT molecular complexity index is 599. The number of carbonyl (C=O) groups excluding carboxylic acids is 1. The topological polar surface area (TPSA) is 72.5 Å². The van der Waals surface area contributed by atoms with Crippen LogP contribution in [-0.4, -0.2) is 38.0 Å². The quantitative estimate of drug-likeness (QED) is 0.911. The predicted octanol–water partition coefficient (Wildman–Crippen LogP) is 1.41. The predicted molar refractivity (Wildman–Crippen MR) is 76.8 cm³/mol. The minimum Gasteiger partial charge on any atom is -0.484 e. The Labute approximate surface area is 123 Å². The van der Waals surface area contributed by atoms with Gasteiger partial charge in [-0.3, -0.25) is 4.79 Å². The monoisotopic (exact) mass is 317 g/mol. The zero-order chi connectivity index (χ0) is 14.8. The van der Waals surface area contributed by atoms with Crippen LogP contribution in [0.25, 0.3) is 0 Å². The third-order valence-corrected chi connectivity index (χ3v) is 5.28. The Morgan fingerprint density at radius 2 is 2.05 bits per heavy atom. The maximum atomic E-state index is 11.8. The fourth-order valence-corrected chi connectivity index (χ4v) is 4.38. The van der Waals surface area contributed by atoms with Gasteiger partial charge in [0.1, 0.15) is 5.75 Å². The van der Waals surface area contributed by atoms with E-state index in [1.807, 2.05) is 0 Å². The molecule has 1 unspecified atom stereocenters. The van der Waals surface area contributed by atoms with Gasteiger partial charge < -0.3 is 10.1 Å². The van der Waals surface area contributed by atoms with E-state index >= 15 is 0 Å². The van der Waals surface area contributed by atoms with Crippen LogP contribution in [0.4, 0.5) is 0 Å². The molecule has 0 radical (unpaired) electrons. The van der Waals surface area contributed by atoms with E-state index < -0.39 is 15.4 Å². The molecule has 110 valence electrons. The van der Waals surface area contributed by atoms with Gasteiger partial charge in [-0.15, -0.1) is 0 Å². The van der Waals surface area contributed by atoms with Crippen molar-refractivity contribution in [1.82, 2.24) is 5.32 Å². The van der Waals surface area contributed by atoms with Gasteiger partial charge in [0.2, 0.25) is 0 Å². The minimum atomic E-state index is -3.04. The van der Waals surface area contributed by atoms with Gasteiger partial charge in [0.25, 0.3) is 5.91 Å². The van der Waals surface area contributed by atoms with Crippen LogP contribution in [0.2, 0.25) is 5.02 Å². The molecule has 7 heteroatoms. The summed E-state index contributed by atoms with van der Waals surface area (Å²) in [6.07, 6.45) is 0.433. The molecule has 0 aromatic heterocycles. The Hall–Kier alpha value is -1.27. The lowest BCUT2D eigenvalue weighted by atomic mass is 10.0. The van der Waals surface area contributed by atoms with E-state index in [-0.39, 0.29) is 24.0 Å². The molecule has 0 saturated carbocycles. The van der Waals surface area contributed by atoms with E-state index in [2.05, 4.69) is 5.32 Å². The van der Waals surface area contributed by atoms with Gasteiger partial charge in [0, 0.05) is 5.02 Å². The molecule has 1 aliphatic heterocycles. The van der Waals surface area contributed by atoms with E-state index in [1.165, 1.54) is 0 Å². The number of sulfone groups is 1. The lowest BCUT2D eigenvalue weighted by Gasteiger charge is -2.23. The molecular weight excluding hydrogens is 302 g/mol. The third kappa shape index (κ3) is 4.11. The molecule has 1 heterocycles. The molecule has 1 N–H and O–H groups in total. The molecule has 1 saturated heterocycles. The standard InChI is InChI=1S/C13H16ClNO4S/c1-13(6-7-20(17,18)9-13)15-12(16)8-19-11-4-2-10(14)3-5-11/h2-5H,6-9H2,1H3,(H,15,16). The van der Waals surface area contributed by atoms with Gasteiger partial charge in [-0.1, -0.05) is 11.6 Å². The fraction of sp³-hybridized carbons (Fsp3) is 0.462. The molecule has 1 aromatic rings. The van der Waals surface area contributed by atoms with Crippen LogP contribution < -0.4 is 10.1 Å². The second-order valence-corrected chi connectivity index (χ2v) is 7.81. The molecule has 5 nitrogen and oxygen atoms in total. The van der Waals surface area contributed by atoms with Gasteiger partial charge in [0.15, 0.2) is 16.4 Å². The molecule has 20 heavy (non-hydrogen) atoms. The molecule has 1 fully saturated rings. The molecular formula is C13H16ClNO4S. The average molecular weight is 318 g/mol. The minimum absolute atomic E-state index is 0.0211. The highest BCUT2D eigenvalue weighted by Crippen LogP contribution is 2.22. The smallest absolute Gasteiger partial charge is 0.258 e. The number of ether oxygens (including phenoxy) is 1. The Morgan fingerprint density at radius 3 is 2.60 bits per heavy atom. The van der Waals surface area contributed by atoms with Crippen LogP contribution in [-0.2, 0) is 14.6 Å². The second kappa shape index (κ2) is 5.61. The molecule has 1 aliphatic rings. The first-order chi connectivity index (χ1) is 9.28. The van der Waals surface area contributed by atoms with Crippen molar-refractivity contribution in [1.29, 1.82) is 0 Å². The summed E-state index contributed by atoms with van der Waals surface area (Å²) >= 11 is 5.74. The number of hydrogen-bond acceptors (Lipinski definition) is 4. The molecule has 0 bridgehead atoms. The van der Waals surface area contributed by atoms with Gasteiger partial charge in [-0.05, 0) is 37.6 Å². The van der Waals surface area contributed by atoms with Crippen molar-refractivity contribution in [3.05, 3.63) is 29.3 Å². The van der Waals surface area contributed by atoms with E-state index in [9.17, 15) is 13.2 Å². The van der Waals surface area contributed by atoms with Crippen LogP contribution in [0.3, 0.4) is 0 Å². The maximum absolute atomic E-state index is 11.8. The zero-order valence-corrected chi connectivity index (χ0v) is 12.6. The lowest BCUT2D eigenvalue weighted by Crippen LogP contribution is -2.48. The van der Waals surface area contributed by atoms with Gasteiger partial charge in [-0.25, -0.2) is 8.42 Å². The van der Waals surface area contributed by atoms with Crippen molar-refractivity contribution in [2.75, 3.05) is 18.1 Å². The highest BCUT2D eigenvalue weighted by molar-refractivity contribution is 7.91. The number of carbonyl (C=O) groups is 1. The normalized spacial score (nSPS) is 24.3. The lowest BCUT2D eigenvalue weighted by molar-refractivity contribution is -0.124. The summed E-state index contributed by atoms with van der Waals surface area (Å²) in [7, 11) is -3.04. The maximum Gasteiger partial charge on any atom is 0.258 e. The second-order valence-electron chi connectivity index (χ2n) is 5.19. The molecule has 0 aliphatic carbocycles. The Kier molecular flexibility index (Phi) is 4.25. The number of benzene rings is 1. The number of rotatable bonds is 4. The van der Waals surface area contributed by atoms with Gasteiger partial charge in [0.05, 0.1) is 17.0 Å². The van der Waals surface area contributed by atoms with Crippen molar-refractivity contribution < 1.29 is 17.9 Å². The summed E-state index contributed by atoms with van der Waals surface area (Å²) in [6.45, 7) is 1.58. The van der Waals surface area contributed by atoms with Gasteiger partial charge in [-0.2, -0.15) is 0 Å². The molecule has 1 amide bonds. The fourth-order valence-electron chi connectivity index (χ4n) is 2.16. The Balaban J connectivity index is 1.85. The van der Waals surface area contributed by atoms with Crippen LogP contribution in [0.15, 0.2) is 24.3 Å². The Morgan fingerprint density at radius 1 is 1.40 bits per heavy atom. The average Bonchev–Trinajstić information content (AvgIpc) is 2.62. The van der Waals surface area contributed by atoms with Crippen molar-refractivity contribution in [3.63, 3.8) is 0 Å². The first kappa shape index (κ1) is 15.1. The first-order valence-corrected chi connectivity index (χ1v) is 8.38.